The van der Waals surface area contributed by atoms with E-state index in [9.17, 15) is 13.6 Å². The minimum atomic E-state index is -0.638. The number of halogens is 3. The zero-order chi connectivity index (χ0) is 21.1. The molecule has 1 amide bonds. The van der Waals surface area contributed by atoms with Gasteiger partial charge in [-0.25, -0.2) is 13.5 Å². The number of benzene rings is 2. The average Bonchev–Trinajstić information content (AvgIpc) is 3.24. The molecule has 0 unspecified atom stereocenters. The van der Waals surface area contributed by atoms with Gasteiger partial charge in [-0.15, -0.1) is 12.4 Å². The molecule has 2 aromatic carbocycles. The second-order valence-corrected chi connectivity index (χ2v) is 6.71. The Bertz CT molecular complexity index is 1140. The van der Waals surface area contributed by atoms with Crippen molar-refractivity contribution >= 4 is 24.0 Å². The van der Waals surface area contributed by atoms with E-state index in [0.29, 0.717) is 18.7 Å². The van der Waals surface area contributed by atoms with Gasteiger partial charge in [-0.2, -0.15) is 10.4 Å². The van der Waals surface area contributed by atoms with Crippen LogP contribution in [-0.4, -0.2) is 35.4 Å². The Morgan fingerprint density at radius 3 is 2.77 bits per heavy atom. The largest absolute Gasteiger partial charge is 0.371 e. The van der Waals surface area contributed by atoms with Crippen molar-refractivity contribution in [3.8, 4) is 11.8 Å². The summed E-state index contributed by atoms with van der Waals surface area (Å²) in [5, 5.41) is 18.6. The van der Waals surface area contributed by atoms with E-state index < -0.39 is 17.5 Å². The number of hydrogen-bond donors (Lipinski definition) is 2. The topological polar surface area (TPSA) is 92.0 Å². The Balaban J connectivity index is 0.00000272. The standard InChI is InChI=1S/C21H17F2N5O2.ClH/c22-17-8-15(2-3-16(17)20-11-25-5-6-30-20)27-21(29)14-10-26-28(12-14)19-4-1-13(9-24)7-18(19)23;/h1-4,7-8,10,12,20,25H,5-6,11H2,(H,27,29);1H/t20-;/m1./s1. The summed E-state index contributed by atoms with van der Waals surface area (Å²) in [6.07, 6.45) is 2.26. The quantitative estimate of drug-likeness (QED) is 0.642. The van der Waals surface area contributed by atoms with Crippen molar-refractivity contribution in [3.63, 3.8) is 0 Å². The van der Waals surface area contributed by atoms with Gasteiger partial charge in [-0.05, 0) is 30.3 Å². The lowest BCUT2D eigenvalue weighted by molar-refractivity contribution is 0.0255. The van der Waals surface area contributed by atoms with Crippen LogP contribution in [0.1, 0.15) is 27.6 Å². The van der Waals surface area contributed by atoms with E-state index in [4.69, 9.17) is 10.00 Å². The monoisotopic (exact) mass is 445 g/mol. The molecule has 4 rings (SSSR count). The third kappa shape index (κ3) is 4.88. The van der Waals surface area contributed by atoms with Crippen LogP contribution >= 0.6 is 12.4 Å². The van der Waals surface area contributed by atoms with Gasteiger partial charge in [0.15, 0.2) is 0 Å². The molecule has 0 spiro atoms. The smallest absolute Gasteiger partial charge is 0.258 e. The maximum atomic E-state index is 14.5. The van der Waals surface area contributed by atoms with E-state index in [1.165, 1.54) is 35.3 Å². The second-order valence-electron chi connectivity index (χ2n) is 6.71. The van der Waals surface area contributed by atoms with Gasteiger partial charge in [0.25, 0.3) is 5.91 Å². The number of nitrogens with one attached hydrogen (secondary N) is 2. The van der Waals surface area contributed by atoms with Gasteiger partial charge in [0.05, 0.1) is 36.1 Å². The molecule has 0 aliphatic carbocycles. The highest BCUT2D eigenvalue weighted by atomic mass is 35.5. The number of nitrogens with zero attached hydrogens (tertiary/aromatic N) is 3. The summed E-state index contributed by atoms with van der Waals surface area (Å²) in [5.41, 5.74) is 1.15. The molecular formula is C21H18ClF2N5O2. The lowest BCUT2D eigenvalue weighted by atomic mass is 10.1. The third-order valence-electron chi connectivity index (χ3n) is 4.70. The number of carbonyl (C=O) groups excluding carboxylic acids is 1. The van der Waals surface area contributed by atoms with Crippen molar-refractivity contribution in [2.75, 3.05) is 25.0 Å². The summed E-state index contributed by atoms with van der Waals surface area (Å²) in [6.45, 7) is 1.76. The molecule has 1 saturated heterocycles. The van der Waals surface area contributed by atoms with Crippen molar-refractivity contribution < 1.29 is 18.3 Å². The van der Waals surface area contributed by atoms with Gasteiger partial charge in [-0.3, -0.25) is 4.79 Å². The van der Waals surface area contributed by atoms with Gasteiger partial charge in [-0.1, -0.05) is 6.07 Å². The molecular weight excluding hydrogens is 428 g/mol. The molecule has 0 saturated carbocycles. The predicted octanol–water partition coefficient (Wildman–Crippen LogP) is 3.36. The van der Waals surface area contributed by atoms with Crippen LogP contribution in [0.4, 0.5) is 14.5 Å². The predicted molar refractivity (Wildman–Crippen MR) is 111 cm³/mol. The van der Waals surface area contributed by atoms with Crippen LogP contribution < -0.4 is 10.6 Å². The molecule has 2 heterocycles. The number of morpholine rings is 1. The Labute approximate surface area is 183 Å². The number of carbonyl (C=O) groups is 1. The fraction of sp³-hybridized carbons (Fsp3) is 0.190. The van der Waals surface area contributed by atoms with E-state index in [0.717, 1.165) is 12.6 Å². The SMILES string of the molecule is Cl.N#Cc1ccc(-n2cc(C(=O)Nc3ccc([C@H]4CNCCO4)c(F)c3)cn2)c(F)c1. The molecule has 7 nitrogen and oxygen atoms in total. The number of ether oxygens (including phenoxy) is 1. The van der Waals surface area contributed by atoms with Crippen molar-refractivity contribution in [1.82, 2.24) is 15.1 Å². The van der Waals surface area contributed by atoms with Crippen LogP contribution in [0, 0.1) is 23.0 Å². The van der Waals surface area contributed by atoms with Crippen molar-refractivity contribution in [3.05, 3.63) is 77.1 Å². The van der Waals surface area contributed by atoms with E-state index in [1.807, 2.05) is 6.07 Å². The summed E-state index contributed by atoms with van der Waals surface area (Å²) < 4.78 is 35.4. The molecule has 10 heteroatoms. The first-order chi connectivity index (χ1) is 14.5. The average molecular weight is 446 g/mol. The number of aromatic nitrogens is 2. The van der Waals surface area contributed by atoms with E-state index in [-0.39, 0.29) is 41.0 Å². The maximum Gasteiger partial charge on any atom is 0.258 e. The number of amides is 1. The molecule has 1 aliphatic heterocycles. The minimum Gasteiger partial charge on any atom is -0.371 e. The van der Waals surface area contributed by atoms with Gasteiger partial charge in [0.2, 0.25) is 0 Å². The fourth-order valence-corrected chi connectivity index (χ4v) is 3.17. The summed E-state index contributed by atoms with van der Waals surface area (Å²) in [5.74, 6) is -1.63. The van der Waals surface area contributed by atoms with Crippen LogP contribution in [0.15, 0.2) is 48.8 Å². The highest BCUT2D eigenvalue weighted by molar-refractivity contribution is 6.04. The third-order valence-corrected chi connectivity index (χ3v) is 4.70. The fourth-order valence-electron chi connectivity index (χ4n) is 3.17. The molecule has 31 heavy (non-hydrogen) atoms. The second kappa shape index (κ2) is 9.66. The minimum absolute atomic E-state index is 0. The van der Waals surface area contributed by atoms with Gasteiger partial charge < -0.3 is 15.4 Å². The van der Waals surface area contributed by atoms with Crippen molar-refractivity contribution in [2.24, 2.45) is 0 Å². The van der Waals surface area contributed by atoms with E-state index in [2.05, 4.69) is 15.7 Å². The normalized spacial score (nSPS) is 15.6. The van der Waals surface area contributed by atoms with Gasteiger partial charge >= 0.3 is 0 Å². The van der Waals surface area contributed by atoms with Crippen LogP contribution in [0.25, 0.3) is 5.69 Å². The number of rotatable bonds is 4. The molecule has 1 fully saturated rings. The maximum absolute atomic E-state index is 14.5. The number of anilines is 1. The Morgan fingerprint density at radius 1 is 1.26 bits per heavy atom. The van der Waals surface area contributed by atoms with E-state index in [1.54, 1.807) is 12.1 Å². The Hall–Kier alpha value is -3.32. The first kappa shape index (κ1) is 22.4. The number of hydrogen-bond acceptors (Lipinski definition) is 5. The Kier molecular flexibility index (Phi) is 6.97. The van der Waals surface area contributed by atoms with Crippen molar-refractivity contribution in [1.29, 1.82) is 5.26 Å². The van der Waals surface area contributed by atoms with Crippen LogP contribution in [0.5, 0.6) is 0 Å². The molecule has 160 valence electrons. The summed E-state index contributed by atoms with van der Waals surface area (Å²) >= 11 is 0. The molecule has 3 aromatic rings. The molecule has 2 N–H and O–H groups in total. The highest BCUT2D eigenvalue weighted by Crippen LogP contribution is 2.25. The Morgan fingerprint density at radius 2 is 2.10 bits per heavy atom. The van der Waals surface area contributed by atoms with Gasteiger partial charge in [0.1, 0.15) is 17.3 Å². The lowest BCUT2D eigenvalue weighted by Gasteiger charge is -2.24. The lowest BCUT2D eigenvalue weighted by Crippen LogP contribution is -2.33. The molecule has 1 aliphatic rings. The first-order valence-electron chi connectivity index (χ1n) is 9.23. The number of nitriles is 1. The highest BCUT2D eigenvalue weighted by Gasteiger charge is 2.20. The molecule has 1 atom stereocenters. The molecule has 1 aromatic heterocycles. The van der Waals surface area contributed by atoms with Crippen LogP contribution in [0.3, 0.4) is 0 Å². The molecule has 0 bridgehead atoms. The van der Waals surface area contributed by atoms with Crippen molar-refractivity contribution in [2.45, 2.75) is 6.10 Å². The molecule has 0 radical (unpaired) electrons. The first-order valence-corrected chi connectivity index (χ1v) is 9.23. The van der Waals surface area contributed by atoms with Crippen LogP contribution in [-0.2, 0) is 4.74 Å². The summed E-state index contributed by atoms with van der Waals surface area (Å²) in [7, 11) is 0. The van der Waals surface area contributed by atoms with Gasteiger partial charge in [0, 0.05) is 30.5 Å². The van der Waals surface area contributed by atoms with E-state index >= 15 is 0 Å². The summed E-state index contributed by atoms with van der Waals surface area (Å²) in [6, 6.07) is 10.2. The zero-order valence-corrected chi connectivity index (χ0v) is 17.0. The van der Waals surface area contributed by atoms with Crippen LogP contribution in [0.2, 0.25) is 0 Å². The summed E-state index contributed by atoms with van der Waals surface area (Å²) in [4.78, 5) is 12.5. The zero-order valence-electron chi connectivity index (χ0n) is 16.1.